The zero-order chi connectivity index (χ0) is 39.9. The van der Waals surface area contributed by atoms with Crippen molar-refractivity contribution in [3.63, 3.8) is 0 Å². The smallest absolute Gasteiger partial charge is 0.255 e. The monoisotopic (exact) mass is 792 g/mol. The zero-order valence-corrected chi connectivity index (χ0v) is 33.6. The van der Waals surface area contributed by atoms with Gasteiger partial charge in [0.1, 0.15) is 23.4 Å². The number of phenolic OH excluding ortho intramolecular Hbond substituents is 1. The molecule has 11 nitrogen and oxygen atoms in total. The van der Waals surface area contributed by atoms with Crippen LogP contribution in [0, 0.1) is 11.3 Å². The summed E-state index contributed by atoms with van der Waals surface area (Å²) in [6.45, 7) is 6.29. The Morgan fingerprint density at radius 1 is 0.864 bits per heavy atom. The molecule has 4 aromatic rings. The molecule has 0 radical (unpaired) electrons. The molecular weight excluding hydrogens is 741 g/mol. The lowest BCUT2D eigenvalue weighted by Crippen LogP contribution is -2.52. The molecule has 2 N–H and O–H groups in total. The van der Waals surface area contributed by atoms with Gasteiger partial charge in [-0.25, -0.2) is 4.98 Å². The van der Waals surface area contributed by atoms with Crippen LogP contribution in [-0.4, -0.2) is 88.0 Å². The second-order valence-electron chi connectivity index (χ2n) is 18.7. The highest BCUT2D eigenvalue weighted by Crippen LogP contribution is 2.54. The predicted octanol–water partition coefficient (Wildman–Crippen LogP) is 6.23. The van der Waals surface area contributed by atoms with Gasteiger partial charge in [0.2, 0.25) is 11.8 Å². The van der Waals surface area contributed by atoms with Gasteiger partial charge in [0.15, 0.2) is 0 Å². The molecule has 1 saturated carbocycles. The summed E-state index contributed by atoms with van der Waals surface area (Å²) in [6, 6.07) is 20.0. The number of fused-ring (bicyclic) bond motifs is 5. The molecule has 5 aliphatic heterocycles. The van der Waals surface area contributed by atoms with Crippen molar-refractivity contribution in [2.75, 3.05) is 44.2 Å². The summed E-state index contributed by atoms with van der Waals surface area (Å²) in [6.07, 6.45) is 13.7. The summed E-state index contributed by atoms with van der Waals surface area (Å²) < 4.78 is 6.43. The lowest BCUT2D eigenvalue weighted by atomic mass is 9.57. The van der Waals surface area contributed by atoms with Crippen LogP contribution in [0.25, 0.3) is 0 Å². The van der Waals surface area contributed by atoms with Gasteiger partial charge in [-0.3, -0.25) is 24.7 Å². The number of benzene rings is 3. The van der Waals surface area contributed by atoms with Crippen LogP contribution in [0.5, 0.6) is 11.5 Å². The molecule has 2 aliphatic carbocycles. The Balaban J connectivity index is 0.685. The maximum Gasteiger partial charge on any atom is 0.255 e. The molecule has 59 heavy (non-hydrogen) atoms. The summed E-state index contributed by atoms with van der Waals surface area (Å²) in [5.41, 5.74) is 7.93. The summed E-state index contributed by atoms with van der Waals surface area (Å²) in [5, 5.41) is 12.6. The van der Waals surface area contributed by atoms with Crippen LogP contribution in [0.4, 0.5) is 5.82 Å². The van der Waals surface area contributed by atoms with Crippen molar-refractivity contribution in [1.82, 2.24) is 25.1 Å². The van der Waals surface area contributed by atoms with Crippen LogP contribution in [-0.2, 0) is 28.0 Å². The number of carbonyl (C=O) groups is 3. The minimum Gasteiger partial charge on any atom is -0.508 e. The van der Waals surface area contributed by atoms with E-state index in [2.05, 4.69) is 57.6 Å². The standard InChI is InChI=1S/C48H52N6O5/c55-33-7-9-35-32(22-33)6-8-34(31-4-2-1-3-5-31)43(35)39-25-50-41(26-49-39)53-20-14-47(15-21-53)23-30(24-47)27-52-18-16-48(17-19-52)29-59-44-37-28-54(40-12-13-42(56)51-45(40)57)46(58)36(37)10-11-38(44)48/h1-5,7,9-11,22,25-26,30,34,40,43,55H,6,8,12-21,23-24,27-29H2,(H,51,56,57)/t34?,40-,43?/m0/s1. The molecule has 3 saturated heterocycles. The number of aromatic hydroxyl groups is 1. The van der Waals surface area contributed by atoms with E-state index in [1.54, 1.807) is 11.0 Å². The third-order valence-corrected chi connectivity index (χ3v) is 15.4. The average molecular weight is 793 g/mol. The second-order valence-corrected chi connectivity index (χ2v) is 18.7. The van der Waals surface area contributed by atoms with Crippen molar-refractivity contribution in [3.8, 4) is 11.5 Å². The van der Waals surface area contributed by atoms with Crippen molar-refractivity contribution < 1.29 is 24.2 Å². The van der Waals surface area contributed by atoms with Gasteiger partial charge in [-0.2, -0.15) is 0 Å². The van der Waals surface area contributed by atoms with Crippen LogP contribution in [0.15, 0.2) is 73.1 Å². The Kier molecular flexibility index (Phi) is 8.83. The van der Waals surface area contributed by atoms with E-state index in [4.69, 9.17) is 14.7 Å². The molecule has 0 bridgehead atoms. The second kappa shape index (κ2) is 14.2. The van der Waals surface area contributed by atoms with Gasteiger partial charge in [-0.15, -0.1) is 0 Å². The van der Waals surface area contributed by atoms with E-state index in [-0.39, 0.29) is 35.5 Å². The van der Waals surface area contributed by atoms with E-state index in [1.165, 1.54) is 47.9 Å². The van der Waals surface area contributed by atoms with E-state index in [0.717, 1.165) is 87.1 Å². The molecule has 6 heterocycles. The van der Waals surface area contributed by atoms with E-state index in [9.17, 15) is 19.5 Å². The topological polar surface area (TPSA) is 128 Å². The first kappa shape index (κ1) is 36.8. The molecule has 11 heteroatoms. The number of rotatable bonds is 6. The van der Waals surface area contributed by atoms with Gasteiger partial charge in [0, 0.05) is 54.1 Å². The number of anilines is 1. The fourth-order valence-corrected chi connectivity index (χ4v) is 12.2. The predicted molar refractivity (Wildman–Crippen MR) is 221 cm³/mol. The number of amides is 3. The summed E-state index contributed by atoms with van der Waals surface area (Å²) >= 11 is 0. The van der Waals surface area contributed by atoms with Gasteiger partial charge in [-0.1, -0.05) is 42.5 Å². The molecule has 3 amide bonds. The Hall–Kier alpha value is -5.29. The normalized spacial score (nSPS) is 26.0. The number of phenols is 1. The minimum atomic E-state index is -0.620. The number of likely N-dealkylation sites (tertiary alicyclic amines) is 1. The minimum absolute atomic E-state index is 0.0325. The molecule has 7 aliphatic rings. The van der Waals surface area contributed by atoms with E-state index in [1.807, 2.05) is 24.5 Å². The fraction of sp³-hybridized carbons (Fsp3) is 0.479. The first-order valence-corrected chi connectivity index (χ1v) is 21.8. The number of imide groups is 1. The molecule has 4 fully saturated rings. The maximum absolute atomic E-state index is 13.4. The first-order chi connectivity index (χ1) is 28.7. The number of hydrogen-bond acceptors (Lipinski definition) is 9. The Morgan fingerprint density at radius 3 is 2.44 bits per heavy atom. The average Bonchev–Trinajstić information content (AvgIpc) is 3.78. The number of ether oxygens (including phenoxy) is 1. The highest BCUT2D eigenvalue weighted by molar-refractivity contribution is 6.05. The zero-order valence-electron chi connectivity index (χ0n) is 33.6. The number of piperidine rings is 3. The Morgan fingerprint density at radius 2 is 1.68 bits per heavy atom. The van der Waals surface area contributed by atoms with Gasteiger partial charge < -0.3 is 24.5 Å². The van der Waals surface area contributed by atoms with Crippen molar-refractivity contribution in [3.05, 3.63) is 112 Å². The molecule has 1 aromatic heterocycles. The first-order valence-electron chi connectivity index (χ1n) is 21.8. The molecule has 304 valence electrons. The van der Waals surface area contributed by atoms with Gasteiger partial charge in [0.25, 0.3) is 5.91 Å². The molecular formula is C48H52N6O5. The van der Waals surface area contributed by atoms with Crippen LogP contribution in [0.1, 0.15) is 113 Å². The number of aryl methyl sites for hydroxylation is 1. The van der Waals surface area contributed by atoms with Gasteiger partial charge in [0.05, 0.1) is 31.2 Å². The van der Waals surface area contributed by atoms with Crippen molar-refractivity contribution in [1.29, 1.82) is 0 Å². The summed E-state index contributed by atoms with van der Waals surface area (Å²) in [4.78, 5) is 54.6. The van der Waals surface area contributed by atoms with E-state index >= 15 is 0 Å². The lowest BCUT2D eigenvalue weighted by molar-refractivity contribution is -0.136. The molecule has 2 spiro atoms. The van der Waals surface area contributed by atoms with Crippen molar-refractivity contribution in [2.24, 2.45) is 11.3 Å². The van der Waals surface area contributed by atoms with Crippen molar-refractivity contribution in [2.45, 2.75) is 94.0 Å². The largest absolute Gasteiger partial charge is 0.508 e. The fourth-order valence-electron chi connectivity index (χ4n) is 12.2. The molecule has 3 atom stereocenters. The number of nitrogens with zero attached hydrogens (tertiary/aromatic N) is 5. The number of carbonyl (C=O) groups excluding carboxylic acids is 3. The Bertz CT molecular complexity index is 2310. The third kappa shape index (κ3) is 6.30. The summed E-state index contributed by atoms with van der Waals surface area (Å²) in [5.74, 6) is 2.49. The SMILES string of the molecule is O=C1CC[C@H](N2Cc3c(ccc4c3OCC43CCN(CC4CC5(CCN(c6cnc(C7c8ccc(O)cc8CCC7c7ccccc7)cn6)CC5)C4)CC3)C2=O)C(=O)N1. The maximum atomic E-state index is 13.4. The quantitative estimate of drug-likeness (QED) is 0.219. The third-order valence-electron chi connectivity index (χ3n) is 15.4. The highest BCUT2D eigenvalue weighted by Gasteiger charge is 2.50. The number of aromatic nitrogens is 2. The Labute approximate surface area is 345 Å². The van der Waals surface area contributed by atoms with E-state index in [0.29, 0.717) is 42.2 Å². The van der Waals surface area contributed by atoms with Gasteiger partial charge >= 0.3 is 0 Å². The van der Waals surface area contributed by atoms with Crippen LogP contribution >= 0.6 is 0 Å². The number of hydrogen-bond donors (Lipinski definition) is 2. The lowest BCUT2D eigenvalue weighted by Gasteiger charge is -2.54. The summed E-state index contributed by atoms with van der Waals surface area (Å²) in [7, 11) is 0. The van der Waals surface area contributed by atoms with E-state index < -0.39 is 6.04 Å². The molecule has 2 unspecified atom stereocenters. The van der Waals surface area contributed by atoms with Crippen LogP contribution < -0.4 is 15.0 Å². The molecule has 3 aromatic carbocycles. The number of nitrogens with one attached hydrogen (secondary N) is 1. The van der Waals surface area contributed by atoms with Crippen LogP contribution in [0.2, 0.25) is 0 Å². The molecule has 11 rings (SSSR count). The highest BCUT2D eigenvalue weighted by atomic mass is 16.5. The van der Waals surface area contributed by atoms with Crippen LogP contribution in [0.3, 0.4) is 0 Å². The van der Waals surface area contributed by atoms with Crippen molar-refractivity contribution >= 4 is 23.5 Å². The van der Waals surface area contributed by atoms with Gasteiger partial charge in [-0.05, 0) is 123 Å².